The van der Waals surface area contributed by atoms with Crippen LogP contribution < -0.4 is 9.80 Å². The molecule has 6 heteroatoms. The normalized spacial score (nSPS) is 16.1. The molecular weight excluding hydrogens is 360 g/mol. The lowest BCUT2D eigenvalue weighted by atomic mass is 10.2. The molecule has 2 aromatic rings. The number of hydrogen-bond acceptors (Lipinski definition) is 4. The fourth-order valence-electron chi connectivity index (χ4n) is 2.30. The monoisotopic (exact) mass is 374 g/mol. The van der Waals surface area contributed by atoms with E-state index in [1.165, 1.54) is 16.7 Å². The van der Waals surface area contributed by atoms with Crippen LogP contribution in [0.25, 0.3) is 6.08 Å². The minimum Gasteiger partial charge on any atom is -0.378 e. The van der Waals surface area contributed by atoms with Crippen molar-refractivity contribution >= 4 is 63.3 Å². The largest absolute Gasteiger partial charge is 0.378 e. The molecule has 0 bridgehead atoms. The second kappa shape index (κ2) is 6.97. The zero-order chi connectivity index (χ0) is 17.3. The van der Waals surface area contributed by atoms with Gasteiger partial charge in [0, 0.05) is 24.8 Å². The van der Waals surface area contributed by atoms with E-state index in [0.717, 1.165) is 16.9 Å². The van der Waals surface area contributed by atoms with Gasteiger partial charge in [0.05, 0.1) is 10.6 Å². The van der Waals surface area contributed by atoms with Crippen molar-refractivity contribution in [2.24, 2.45) is 0 Å². The number of benzene rings is 2. The summed E-state index contributed by atoms with van der Waals surface area (Å²) in [7, 11) is 3.98. The number of thioether (sulfide) groups is 1. The zero-order valence-corrected chi connectivity index (χ0v) is 15.6. The van der Waals surface area contributed by atoms with Crippen molar-refractivity contribution in [3.8, 4) is 0 Å². The summed E-state index contributed by atoms with van der Waals surface area (Å²) in [5, 5.41) is 0.626. The number of rotatable bonds is 3. The van der Waals surface area contributed by atoms with Crippen LogP contribution in [0.15, 0.2) is 53.4 Å². The van der Waals surface area contributed by atoms with E-state index in [1.54, 1.807) is 24.3 Å². The first-order chi connectivity index (χ1) is 11.5. The highest BCUT2D eigenvalue weighted by molar-refractivity contribution is 8.27. The smallest absolute Gasteiger partial charge is 0.270 e. The van der Waals surface area contributed by atoms with Gasteiger partial charge in [0.1, 0.15) is 0 Å². The van der Waals surface area contributed by atoms with Gasteiger partial charge in [0.15, 0.2) is 4.32 Å². The molecule has 2 aromatic carbocycles. The van der Waals surface area contributed by atoms with Crippen molar-refractivity contribution in [1.82, 2.24) is 0 Å². The summed E-state index contributed by atoms with van der Waals surface area (Å²) < 4.78 is 0.526. The number of carbonyl (C=O) groups is 1. The third-order valence-corrected chi connectivity index (χ3v) is 5.14. The Bertz CT molecular complexity index is 814. The lowest BCUT2D eigenvalue weighted by molar-refractivity contribution is -0.113. The molecule has 3 rings (SSSR count). The maximum Gasteiger partial charge on any atom is 0.270 e. The standard InChI is InChI=1S/C18H15ClN2OS2/c1-20(2)14-7-3-12(4-8-14)11-16-17(22)21(18(23)24-16)15-9-5-13(19)6-10-15/h3-11H,1-2H3/b16-11+. The summed E-state index contributed by atoms with van der Waals surface area (Å²) >= 11 is 12.6. The van der Waals surface area contributed by atoms with E-state index in [4.69, 9.17) is 23.8 Å². The molecule has 24 heavy (non-hydrogen) atoms. The summed E-state index contributed by atoms with van der Waals surface area (Å²) in [4.78, 5) is 16.9. The van der Waals surface area contributed by atoms with Crippen LogP contribution in [0, 0.1) is 0 Å². The van der Waals surface area contributed by atoms with E-state index < -0.39 is 0 Å². The van der Waals surface area contributed by atoms with Gasteiger partial charge in [0.2, 0.25) is 0 Å². The van der Waals surface area contributed by atoms with Crippen molar-refractivity contribution in [3.05, 3.63) is 64.0 Å². The van der Waals surface area contributed by atoms with E-state index >= 15 is 0 Å². The number of anilines is 2. The predicted molar refractivity (Wildman–Crippen MR) is 108 cm³/mol. The van der Waals surface area contributed by atoms with Gasteiger partial charge in [-0.05, 0) is 48.0 Å². The molecule has 3 nitrogen and oxygen atoms in total. The van der Waals surface area contributed by atoms with Gasteiger partial charge >= 0.3 is 0 Å². The fraction of sp³-hybridized carbons (Fsp3) is 0.111. The van der Waals surface area contributed by atoms with Crippen molar-refractivity contribution in [1.29, 1.82) is 0 Å². The summed E-state index contributed by atoms with van der Waals surface area (Å²) in [5.74, 6) is -0.107. The van der Waals surface area contributed by atoms with Gasteiger partial charge in [-0.3, -0.25) is 9.69 Å². The summed E-state index contributed by atoms with van der Waals surface area (Å²) in [5.41, 5.74) is 2.81. The van der Waals surface area contributed by atoms with Gasteiger partial charge in [-0.15, -0.1) is 0 Å². The predicted octanol–water partition coefficient (Wildman–Crippen LogP) is 4.81. The zero-order valence-electron chi connectivity index (χ0n) is 13.2. The van der Waals surface area contributed by atoms with E-state index in [2.05, 4.69) is 0 Å². The van der Waals surface area contributed by atoms with Gasteiger partial charge in [0.25, 0.3) is 5.91 Å². The summed E-state index contributed by atoms with van der Waals surface area (Å²) in [6.45, 7) is 0. The van der Waals surface area contributed by atoms with E-state index in [0.29, 0.717) is 14.2 Å². The van der Waals surface area contributed by atoms with Crippen LogP contribution >= 0.6 is 35.6 Å². The molecule has 0 spiro atoms. The average Bonchev–Trinajstić information content (AvgIpc) is 2.83. The van der Waals surface area contributed by atoms with Gasteiger partial charge in [-0.2, -0.15) is 0 Å². The Morgan fingerprint density at radius 2 is 1.71 bits per heavy atom. The van der Waals surface area contributed by atoms with E-state index in [9.17, 15) is 4.79 Å². The Hall–Kier alpha value is -1.82. The Morgan fingerprint density at radius 1 is 1.08 bits per heavy atom. The first-order valence-corrected chi connectivity index (χ1v) is 8.87. The number of halogens is 1. The molecule has 0 N–H and O–H groups in total. The van der Waals surface area contributed by atoms with Crippen LogP contribution in [-0.2, 0) is 4.79 Å². The second-order valence-electron chi connectivity index (χ2n) is 5.48. The molecule has 1 amide bonds. The first kappa shape index (κ1) is 17.0. The highest BCUT2D eigenvalue weighted by Gasteiger charge is 2.33. The van der Waals surface area contributed by atoms with Crippen molar-refractivity contribution < 1.29 is 4.79 Å². The molecule has 0 radical (unpaired) electrons. The SMILES string of the molecule is CN(C)c1ccc(/C=C2/SC(=S)N(c3ccc(Cl)cc3)C2=O)cc1. The molecule has 0 atom stereocenters. The van der Waals surface area contributed by atoms with Crippen LogP contribution in [0.3, 0.4) is 0 Å². The number of hydrogen-bond donors (Lipinski definition) is 0. The molecule has 1 aliphatic heterocycles. The van der Waals surface area contributed by atoms with Gasteiger partial charge in [-0.1, -0.05) is 47.7 Å². The van der Waals surface area contributed by atoms with Crippen LogP contribution in [0.1, 0.15) is 5.56 Å². The minimum atomic E-state index is -0.107. The molecule has 1 aliphatic rings. The maximum absolute atomic E-state index is 12.7. The molecule has 0 saturated carbocycles. The molecule has 1 fully saturated rings. The van der Waals surface area contributed by atoms with Crippen molar-refractivity contribution in [2.75, 3.05) is 23.9 Å². The summed E-state index contributed by atoms with van der Waals surface area (Å²) in [6, 6.07) is 15.1. The number of nitrogens with zero attached hydrogens (tertiary/aromatic N) is 2. The quantitative estimate of drug-likeness (QED) is 0.568. The maximum atomic E-state index is 12.7. The number of carbonyl (C=O) groups excluding carboxylic acids is 1. The molecular formula is C18H15ClN2OS2. The first-order valence-electron chi connectivity index (χ1n) is 7.26. The minimum absolute atomic E-state index is 0.107. The topological polar surface area (TPSA) is 23.6 Å². The Balaban J connectivity index is 1.86. The van der Waals surface area contributed by atoms with Crippen molar-refractivity contribution in [2.45, 2.75) is 0 Å². The summed E-state index contributed by atoms with van der Waals surface area (Å²) in [6.07, 6.45) is 1.87. The van der Waals surface area contributed by atoms with Crippen LogP contribution in [0.2, 0.25) is 5.02 Å². The Morgan fingerprint density at radius 3 is 2.29 bits per heavy atom. The third-order valence-electron chi connectivity index (χ3n) is 3.59. The fourth-order valence-corrected chi connectivity index (χ4v) is 3.73. The molecule has 1 saturated heterocycles. The van der Waals surface area contributed by atoms with E-state index in [1.807, 2.05) is 49.3 Å². The van der Waals surface area contributed by atoms with Crippen LogP contribution in [-0.4, -0.2) is 24.3 Å². The lowest BCUT2D eigenvalue weighted by Crippen LogP contribution is -2.27. The molecule has 0 unspecified atom stereocenters. The average molecular weight is 375 g/mol. The molecule has 0 aromatic heterocycles. The van der Waals surface area contributed by atoms with Crippen LogP contribution in [0.5, 0.6) is 0 Å². The highest BCUT2D eigenvalue weighted by atomic mass is 35.5. The Kier molecular flexibility index (Phi) is 4.94. The highest BCUT2D eigenvalue weighted by Crippen LogP contribution is 2.36. The lowest BCUT2D eigenvalue weighted by Gasteiger charge is -2.14. The third kappa shape index (κ3) is 3.48. The van der Waals surface area contributed by atoms with Crippen molar-refractivity contribution in [3.63, 3.8) is 0 Å². The number of thiocarbonyl (C=S) groups is 1. The molecule has 1 heterocycles. The number of amides is 1. The molecule has 122 valence electrons. The van der Waals surface area contributed by atoms with Gasteiger partial charge in [-0.25, -0.2) is 0 Å². The van der Waals surface area contributed by atoms with Crippen LogP contribution in [0.4, 0.5) is 11.4 Å². The molecule has 0 aliphatic carbocycles. The second-order valence-corrected chi connectivity index (χ2v) is 7.59. The Labute approximate surface area is 155 Å². The van der Waals surface area contributed by atoms with E-state index in [-0.39, 0.29) is 5.91 Å². The van der Waals surface area contributed by atoms with Gasteiger partial charge < -0.3 is 4.90 Å².